The first-order valence-corrected chi connectivity index (χ1v) is 7.78. The van der Waals surface area contributed by atoms with E-state index < -0.39 is 0 Å². The SMILES string of the molecule is I.NC(=NCC(=O)Nc1cccnc1)NCCCN1CCOCC1. The molecular formula is C15H25IN6O2. The molecule has 0 atom stereocenters. The number of nitrogens with one attached hydrogen (secondary N) is 2. The molecule has 2 heterocycles. The minimum Gasteiger partial charge on any atom is -0.379 e. The van der Waals surface area contributed by atoms with Gasteiger partial charge in [-0.1, -0.05) is 0 Å². The van der Waals surface area contributed by atoms with Gasteiger partial charge in [-0.2, -0.15) is 0 Å². The molecule has 2 rings (SSSR count). The van der Waals surface area contributed by atoms with E-state index in [1.807, 2.05) is 0 Å². The van der Waals surface area contributed by atoms with Crippen LogP contribution in [0.2, 0.25) is 0 Å². The van der Waals surface area contributed by atoms with Crippen molar-refractivity contribution < 1.29 is 9.53 Å². The van der Waals surface area contributed by atoms with Crippen molar-refractivity contribution in [2.24, 2.45) is 10.7 Å². The van der Waals surface area contributed by atoms with Gasteiger partial charge in [0, 0.05) is 25.8 Å². The Morgan fingerprint density at radius 2 is 2.21 bits per heavy atom. The van der Waals surface area contributed by atoms with Gasteiger partial charge in [0.15, 0.2) is 5.96 Å². The number of guanidine groups is 1. The minimum atomic E-state index is -0.226. The highest BCUT2D eigenvalue weighted by atomic mass is 127. The molecule has 1 aliphatic heterocycles. The van der Waals surface area contributed by atoms with Gasteiger partial charge in [-0.25, -0.2) is 4.99 Å². The molecule has 1 amide bonds. The van der Waals surface area contributed by atoms with Crippen molar-refractivity contribution in [2.45, 2.75) is 6.42 Å². The number of rotatable bonds is 7. The summed E-state index contributed by atoms with van der Waals surface area (Å²) >= 11 is 0. The van der Waals surface area contributed by atoms with Crippen molar-refractivity contribution in [1.82, 2.24) is 15.2 Å². The van der Waals surface area contributed by atoms with E-state index in [-0.39, 0.29) is 42.4 Å². The number of aromatic nitrogens is 1. The number of hydrogen-bond acceptors (Lipinski definition) is 5. The van der Waals surface area contributed by atoms with Crippen molar-refractivity contribution in [1.29, 1.82) is 0 Å². The zero-order valence-electron chi connectivity index (χ0n) is 13.6. The predicted molar refractivity (Wildman–Crippen MR) is 105 cm³/mol. The van der Waals surface area contributed by atoms with E-state index in [9.17, 15) is 4.79 Å². The maximum Gasteiger partial charge on any atom is 0.246 e. The third kappa shape index (κ3) is 8.41. The minimum absolute atomic E-state index is 0. The number of halogens is 1. The Bertz CT molecular complexity index is 508. The van der Waals surface area contributed by atoms with Crippen LogP contribution in [0, 0.1) is 0 Å². The van der Waals surface area contributed by atoms with Crippen LogP contribution in [-0.2, 0) is 9.53 Å². The molecule has 8 nitrogen and oxygen atoms in total. The third-order valence-electron chi connectivity index (χ3n) is 3.40. The van der Waals surface area contributed by atoms with E-state index in [2.05, 4.69) is 25.5 Å². The first-order chi connectivity index (χ1) is 11.2. The third-order valence-corrected chi connectivity index (χ3v) is 3.40. The van der Waals surface area contributed by atoms with E-state index in [4.69, 9.17) is 10.5 Å². The molecule has 0 radical (unpaired) electrons. The molecule has 1 aliphatic rings. The highest BCUT2D eigenvalue weighted by Crippen LogP contribution is 2.01. The smallest absolute Gasteiger partial charge is 0.246 e. The number of nitrogens with two attached hydrogens (primary N) is 1. The molecule has 1 aromatic heterocycles. The van der Waals surface area contributed by atoms with Crippen LogP contribution in [0.3, 0.4) is 0 Å². The van der Waals surface area contributed by atoms with Crippen molar-refractivity contribution >= 4 is 41.5 Å². The Morgan fingerprint density at radius 3 is 2.92 bits per heavy atom. The lowest BCUT2D eigenvalue weighted by atomic mass is 10.3. The number of carbonyl (C=O) groups is 1. The van der Waals surface area contributed by atoms with Gasteiger partial charge in [-0.05, 0) is 25.1 Å². The van der Waals surface area contributed by atoms with Gasteiger partial charge in [-0.15, -0.1) is 24.0 Å². The first-order valence-electron chi connectivity index (χ1n) is 7.78. The van der Waals surface area contributed by atoms with E-state index in [0.717, 1.165) is 45.8 Å². The molecule has 0 spiro atoms. The molecule has 0 aliphatic carbocycles. The number of ether oxygens (including phenoxy) is 1. The Hall–Kier alpha value is -1.46. The van der Waals surface area contributed by atoms with Crippen LogP contribution in [0.25, 0.3) is 0 Å². The summed E-state index contributed by atoms with van der Waals surface area (Å²) in [6.45, 7) is 5.31. The summed E-state index contributed by atoms with van der Waals surface area (Å²) in [5, 5.41) is 5.72. The van der Waals surface area contributed by atoms with Crippen LogP contribution in [0.1, 0.15) is 6.42 Å². The molecule has 134 valence electrons. The Morgan fingerprint density at radius 1 is 1.42 bits per heavy atom. The lowest BCUT2D eigenvalue weighted by Gasteiger charge is -2.26. The van der Waals surface area contributed by atoms with Crippen molar-refractivity contribution in [3.05, 3.63) is 24.5 Å². The largest absolute Gasteiger partial charge is 0.379 e. The Balaban J connectivity index is 0.00000288. The van der Waals surface area contributed by atoms with E-state index >= 15 is 0 Å². The number of amides is 1. The van der Waals surface area contributed by atoms with Gasteiger partial charge < -0.3 is 21.1 Å². The second kappa shape index (κ2) is 12.0. The fourth-order valence-corrected chi connectivity index (χ4v) is 2.19. The van der Waals surface area contributed by atoms with Gasteiger partial charge in [0.05, 0.1) is 25.1 Å². The fraction of sp³-hybridized carbons (Fsp3) is 0.533. The standard InChI is InChI=1S/C15H24N6O2.HI/c16-15(18-5-2-6-21-7-9-23-10-8-21)19-12-14(22)20-13-3-1-4-17-11-13;/h1,3-4,11H,2,5-10,12H2,(H,20,22)(H3,16,18,19);1H. The average Bonchev–Trinajstić information content (AvgIpc) is 2.59. The fourth-order valence-electron chi connectivity index (χ4n) is 2.19. The van der Waals surface area contributed by atoms with Crippen molar-refractivity contribution in [3.8, 4) is 0 Å². The van der Waals surface area contributed by atoms with E-state index in [1.165, 1.54) is 0 Å². The lowest BCUT2D eigenvalue weighted by Crippen LogP contribution is -2.39. The van der Waals surface area contributed by atoms with E-state index in [0.29, 0.717) is 5.69 Å². The van der Waals surface area contributed by atoms with Crippen LogP contribution >= 0.6 is 24.0 Å². The first kappa shape index (κ1) is 20.6. The number of aliphatic imine (C=N–C) groups is 1. The molecule has 1 fully saturated rings. The van der Waals surface area contributed by atoms with Crippen LogP contribution in [0.15, 0.2) is 29.5 Å². The van der Waals surface area contributed by atoms with Crippen molar-refractivity contribution in [2.75, 3.05) is 51.3 Å². The van der Waals surface area contributed by atoms with Crippen LogP contribution in [0.4, 0.5) is 5.69 Å². The number of pyridine rings is 1. The van der Waals surface area contributed by atoms with Crippen LogP contribution in [0.5, 0.6) is 0 Å². The average molecular weight is 448 g/mol. The molecule has 24 heavy (non-hydrogen) atoms. The van der Waals surface area contributed by atoms with Gasteiger partial charge >= 0.3 is 0 Å². The summed E-state index contributed by atoms with van der Waals surface area (Å²) < 4.78 is 5.30. The second-order valence-corrected chi connectivity index (χ2v) is 5.23. The summed E-state index contributed by atoms with van der Waals surface area (Å²) in [7, 11) is 0. The zero-order chi connectivity index (χ0) is 16.3. The van der Waals surface area contributed by atoms with Gasteiger partial charge in [0.1, 0.15) is 6.54 Å². The molecular weight excluding hydrogens is 423 g/mol. The predicted octanol–water partition coefficient (Wildman–Crippen LogP) is 0.265. The zero-order valence-corrected chi connectivity index (χ0v) is 15.9. The summed E-state index contributed by atoms with van der Waals surface area (Å²) in [5.74, 6) is 0.0596. The number of anilines is 1. The summed E-state index contributed by atoms with van der Waals surface area (Å²) in [6.07, 6.45) is 4.19. The topological polar surface area (TPSA) is 105 Å². The highest BCUT2D eigenvalue weighted by molar-refractivity contribution is 14.0. The molecule has 1 saturated heterocycles. The van der Waals surface area contributed by atoms with Gasteiger partial charge in [0.25, 0.3) is 0 Å². The number of carbonyl (C=O) groups excluding carboxylic acids is 1. The van der Waals surface area contributed by atoms with Gasteiger partial charge in [-0.3, -0.25) is 14.7 Å². The van der Waals surface area contributed by atoms with Crippen LogP contribution < -0.4 is 16.4 Å². The maximum atomic E-state index is 11.7. The van der Waals surface area contributed by atoms with Crippen molar-refractivity contribution in [3.63, 3.8) is 0 Å². The van der Waals surface area contributed by atoms with Gasteiger partial charge in [0.2, 0.25) is 5.91 Å². The monoisotopic (exact) mass is 448 g/mol. The molecule has 9 heteroatoms. The number of morpholine rings is 1. The Labute approximate surface area is 159 Å². The summed E-state index contributed by atoms with van der Waals surface area (Å²) in [5.41, 5.74) is 6.39. The van der Waals surface area contributed by atoms with Crippen LogP contribution in [-0.4, -0.2) is 67.7 Å². The second-order valence-electron chi connectivity index (χ2n) is 5.23. The summed E-state index contributed by atoms with van der Waals surface area (Å²) in [6, 6.07) is 3.52. The molecule has 4 N–H and O–H groups in total. The molecule has 0 saturated carbocycles. The molecule has 1 aromatic rings. The number of hydrogen-bond donors (Lipinski definition) is 3. The quantitative estimate of drug-likeness (QED) is 0.239. The molecule has 0 bridgehead atoms. The molecule has 0 unspecified atom stereocenters. The number of nitrogens with zero attached hydrogens (tertiary/aromatic N) is 3. The maximum absolute atomic E-state index is 11.7. The lowest BCUT2D eigenvalue weighted by molar-refractivity contribution is -0.114. The Kier molecular flexibility index (Phi) is 10.3. The molecule has 0 aromatic carbocycles. The highest BCUT2D eigenvalue weighted by Gasteiger charge is 2.09. The van der Waals surface area contributed by atoms with E-state index in [1.54, 1.807) is 24.5 Å². The normalized spacial score (nSPS) is 15.4. The summed E-state index contributed by atoms with van der Waals surface area (Å²) in [4.78, 5) is 22.0.